The molecular weight excluding hydrogens is 491 g/mol. The zero-order valence-electron chi connectivity index (χ0n) is 15.0. The Morgan fingerprint density at radius 1 is 0.852 bits per heavy atom. The van der Waals surface area contributed by atoms with E-state index < -0.39 is 3.42 Å². The van der Waals surface area contributed by atoms with E-state index in [-0.39, 0.29) is 16.9 Å². The maximum atomic E-state index is 12.1. The predicted molar refractivity (Wildman–Crippen MR) is 120 cm³/mol. The van der Waals surface area contributed by atoms with Crippen LogP contribution in [0.25, 0.3) is 0 Å². The van der Waals surface area contributed by atoms with Gasteiger partial charge in [-0.15, -0.1) is 0 Å². The summed E-state index contributed by atoms with van der Waals surface area (Å²) < 4.78 is 4.92. The topological polar surface area (TPSA) is 26.3 Å². The van der Waals surface area contributed by atoms with Crippen LogP contribution in [-0.4, -0.2) is 9.39 Å². The molecule has 0 saturated heterocycles. The van der Waals surface area contributed by atoms with Crippen LogP contribution in [0, 0.1) is 0 Å². The lowest BCUT2D eigenvalue weighted by atomic mass is 10.2. The Kier molecular flexibility index (Phi) is 6.50. The number of halogens is 2. The molecule has 3 rings (SSSR count). The van der Waals surface area contributed by atoms with Crippen molar-refractivity contribution in [2.45, 2.75) is 32.0 Å². The van der Waals surface area contributed by atoms with Crippen LogP contribution in [-0.2, 0) is 15.7 Å². The summed E-state index contributed by atoms with van der Waals surface area (Å²) in [5.74, 6) is 0.303. The van der Waals surface area contributed by atoms with E-state index in [9.17, 15) is 4.79 Å². The maximum Gasteiger partial charge on any atom is 0.326 e. The van der Waals surface area contributed by atoms with Crippen LogP contribution in [0.2, 0.25) is 5.02 Å². The molecule has 0 aliphatic heterocycles. The molecule has 0 bridgehead atoms. The van der Waals surface area contributed by atoms with Crippen molar-refractivity contribution in [2.24, 2.45) is 0 Å². The fraction of sp³-hybridized carbons (Fsp3) is 0.136. The van der Waals surface area contributed by atoms with E-state index in [1.807, 2.05) is 68.4 Å². The smallest absolute Gasteiger partial charge is 0.326 e. The zero-order chi connectivity index (χ0) is 19.4. The van der Waals surface area contributed by atoms with Gasteiger partial charge in [0.15, 0.2) is 14.7 Å². The fourth-order valence-corrected chi connectivity index (χ4v) is 4.71. The monoisotopic (exact) mass is 509 g/mol. The second kappa shape index (κ2) is 8.67. The predicted octanol–water partition coefficient (Wildman–Crippen LogP) is 6.55. The first-order valence-corrected chi connectivity index (χ1v) is 11.1. The Balaban J connectivity index is 1.93. The van der Waals surface area contributed by atoms with Gasteiger partial charge in [0.2, 0.25) is 0 Å². The summed E-state index contributed by atoms with van der Waals surface area (Å²) in [4.78, 5) is 15.6. The van der Waals surface area contributed by atoms with E-state index in [2.05, 4.69) is 46.9 Å². The Morgan fingerprint density at radius 3 is 1.85 bits per heavy atom. The average molecular weight is 510 g/mol. The van der Waals surface area contributed by atoms with Crippen molar-refractivity contribution in [3.05, 3.63) is 83.9 Å². The molecular formula is C22H19ClIO2S+. The minimum absolute atomic E-state index is 0.254. The number of hydrogen-bond donors (Lipinski definition) is 0. The molecule has 0 spiro atoms. The minimum atomic E-state index is -0.561. The lowest BCUT2D eigenvalue weighted by Crippen LogP contribution is -2.28. The highest BCUT2D eigenvalue weighted by Gasteiger charge is 2.29. The van der Waals surface area contributed by atoms with Gasteiger partial charge in [0.05, 0.1) is 10.9 Å². The fourth-order valence-electron chi connectivity index (χ4n) is 2.41. The van der Waals surface area contributed by atoms with Gasteiger partial charge < -0.3 is 4.74 Å². The van der Waals surface area contributed by atoms with E-state index in [0.717, 1.165) is 9.92 Å². The molecule has 3 aromatic carbocycles. The standard InChI is InChI=1S/C22H19ClIO2S/c1-22(2,24)21(25)26-17-10-14-20(15-11-17)27(18-6-4-3-5-7-18)19-12-8-16(23)9-13-19/h3-15H,1-2H3/q+1. The Hall–Kier alpha value is -1.50. The number of carbonyl (C=O) groups is 1. The summed E-state index contributed by atoms with van der Waals surface area (Å²) in [6.45, 7) is 3.66. The molecule has 3 aromatic rings. The average Bonchev–Trinajstić information content (AvgIpc) is 2.65. The number of benzene rings is 3. The first-order valence-electron chi connectivity index (χ1n) is 8.41. The van der Waals surface area contributed by atoms with Gasteiger partial charge in [0.1, 0.15) is 9.17 Å². The molecule has 0 aromatic heterocycles. The molecule has 0 aliphatic rings. The van der Waals surface area contributed by atoms with Crippen LogP contribution in [0.4, 0.5) is 0 Å². The third kappa shape index (κ3) is 5.27. The number of rotatable bonds is 5. The molecule has 5 heteroatoms. The number of ether oxygens (including phenoxy) is 1. The third-order valence-electron chi connectivity index (χ3n) is 3.78. The SMILES string of the molecule is CC(C)(I)C(=O)Oc1ccc([S+](c2ccccc2)c2ccc(Cl)cc2)cc1. The molecule has 1 atom stereocenters. The molecule has 27 heavy (non-hydrogen) atoms. The van der Waals surface area contributed by atoms with Crippen molar-refractivity contribution in [1.82, 2.24) is 0 Å². The summed E-state index contributed by atoms with van der Waals surface area (Å²) in [5.41, 5.74) is 0. The minimum Gasteiger partial charge on any atom is -0.426 e. The quantitative estimate of drug-likeness (QED) is 0.128. The maximum absolute atomic E-state index is 12.1. The molecule has 1 unspecified atom stereocenters. The highest BCUT2D eigenvalue weighted by Crippen LogP contribution is 2.33. The van der Waals surface area contributed by atoms with Gasteiger partial charge in [-0.2, -0.15) is 0 Å². The van der Waals surface area contributed by atoms with Crippen molar-refractivity contribution >= 4 is 51.1 Å². The highest BCUT2D eigenvalue weighted by molar-refractivity contribution is 14.1. The van der Waals surface area contributed by atoms with E-state index in [1.165, 1.54) is 9.79 Å². The number of esters is 1. The van der Waals surface area contributed by atoms with Crippen LogP contribution in [0.5, 0.6) is 5.75 Å². The van der Waals surface area contributed by atoms with Gasteiger partial charge in [-0.25, -0.2) is 0 Å². The molecule has 0 radical (unpaired) electrons. The lowest BCUT2D eigenvalue weighted by molar-refractivity contribution is -0.135. The van der Waals surface area contributed by atoms with Gasteiger partial charge in [-0.1, -0.05) is 52.4 Å². The summed E-state index contributed by atoms with van der Waals surface area (Å²) in [6.07, 6.45) is 0. The van der Waals surface area contributed by atoms with Gasteiger partial charge in [0.25, 0.3) is 0 Å². The highest BCUT2D eigenvalue weighted by atomic mass is 127. The zero-order valence-corrected chi connectivity index (χ0v) is 18.7. The van der Waals surface area contributed by atoms with Crippen LogP contribution < -0.4 is 4.74 Å². The van der Waals surface area contributed by atoms with Gasteiger partial charge in [-0.3, -0.25) is 4.79 Å². The summed E-state index contributed by atoms with van der Waals surface area (Å²) in [6, 6.07) is 26.1. The largest absolute Gasteiger partial charge is 0.426 e. The van der Waals surface area contributed by atoms with E-state index in [0.29, 0.717) is 5.75 Å². The molecule has 0 saturated carbocycles. The first kappa shape index (κ1) is 20.2. The van der Waals surface area contributed by atoms with Crippen LogP contribution in [0.1, 0.15) is 13.8 Å². The number of hydrogen-bond acceptors (Lipinski definition) is 2. The lowest BCUT2D eigenvalue weighted by Gasteiger charge is -2.14. The van der Waals surface area contributed by atoms with Crippen molar-refractivity contribution in [1.29, 1.82) is 0 Å². The summed E-state index contributed by atoms with van der Waals surface area (Å²) >= 11 is 8.15. The molecule has 0 fully saturated rings. The van der Waals surface area contributed by atoms with Crippen LogP contribution in [0.15, 0.2) is 93.5 Å². The van der Waals surface area contributed by atoms with Crippen LogP contribution in [0.3, 0.4) is 0 Å². The summed E-state index contributed by atoms with van der Waals surface area (Å²) in [5, 5.41) is 0.721. The molecule has 0 N–H and O–H groups in total. The summed E-state index contributed by atoms with van der Waals surface area (Å²) in [7, 11) is -0.262. The molecule has 2 nitrogen and oxygen atoms in total. The second-order valence-corrected chi connectivity index (χ2v) is 11.6. The van der Waals surface area contributed by atoms with Crippen molar-refractivity contribution in [3.63, 3.8) is 0 Å². The first-order chi connectivity index (χ1) is 12.8. The van der Waals surface area contributed by atoms with Crippen LogP contribution >= 0.6 is 34.2 Å². The van der Waals surface area contributed by atoms with Crippen molar-refractivity contribution in [2.75, 3.05) is 0 Å². The van der Waals surface area contributed by atoms with E-state index in [1.54, 1.807) is 0 Å². The Bertz CT molecular complexity index is 904. The van der Waals surface area contributed by atoms with Gasteiger partial charge in [-0.05, 0) is 74.5 Å². The molecule has 0 amide bonds. The van der Waals surface area contributed by atoms with Gasteiger partial charge >= 0.3 is 5.97 Å². The van der Waals surface area contributed by atoms with Crippen molar-refractivity contribution < 1.29 is 9.53 Å². The Morgan fingerprint density at radius 2 is 1.33 bits per heavy atom. The third-order valence-corrected chi connectivity index (χ3v) is 6.71. The van der Waals surface area contributed by atoms with E-state index >= 15 is 0 Å². The molecule has 0 aliphatic carbocycles. The Labute approximate surface area is 181 Å². The van der Waals surface area contributed by atoms with Crippen molar-refractivity contribution in [3.8, 4) is 5.75 Å². The molecule has 138 valence electrons. The number of alkyl halides is 1. The second-order valence-electron chi connectivity index (χ2n) is 6.41. The molecule has 0 heterocycles. The number of carbonyl (C=O) groups excluding carboxylic acids is 1. The van der Waals surface area contributed by atoms with Gasteiger partial charge in [0, 0.05) is 5.02 Å². The van der Waals surface area contributed by atoms with E-state index in [4.69, 9.17) is 16.3 Å². The normalized spacial score (nSPS) is 12.4.